The molecule has 0 saturated carbocycles. The Morgan fingerprint density at radius 3 is 3.00 bits per heavy atom. The van der Waals surface area contributed by atoms with E-state index in [0.29, 0.717) is 25.3 Å². The zero-order chi connectivity index (χ0) is 13.4. The average Bonchev–Trinajstić information content (AvgIpc) is 2.36. The molecule has 0 aromatic heterocycles. The van der Waals surface area contributed by atoms with Crippen molar-refractivity contribution in [2.45, 2.75) is 0 Å². The van der Waals surface area contributed by atoms with E-state index in [9.17, 15) is 4.79 Å². The van der Waals surface area contributed by atoms with Gasteiger partial charge in [0, 0.05) is 35.7 Å². The van der Waals surface area contributed by atoms with Gasteiger partial charge in [0.1, 0.15) is 12.4 Å². The number of aliphatic hydroxyl groups excluding tert-OH is 1. The summed E-state index contributed by atoms with van der Waals surface area (Å²) in [6.45, 7) is 1.74. The summed E-state index contributed by atoms with van der Waals surface area (Å²) in [6.07, 6.45) is 1.89. The minimum absolute atomic E-state index is 0.00956. The smallest absolute Gasteiger partial charge is 0.253 e. The molecule has 1 saturated heterocycles. The number of carbonyl (C=O) groups excluding carboxylic acids is 1. The second-order valence-corrected chi connectivity index (χ2v) is 5.81. The summed E-state index contributed by atoms with van der Waals surface area (Å²) in [7, 11) is 0. The summed E-state index contributed by atoms with van der Waals surface area (Å²) < 4.78 is 6.56. The van der Waals surface area contributed by atoms with E-state index in [1.165, 1.54) is 0 Å². The molecule has 1 fully saturated rings. The first-order valence-electron chi connectivity index (χ1n) is 6.20. The van der Waals surface area contributed by atoms with Gasteiger partial charge in [0.05, 0.1) is 5.57 Å². The largest absolute Gasteiger partial charge is 0.488 e. The highest BCUT2D eigenvalue weighted by atomic mass is 79.9. The molecule has 1 N–H and O–H groups in total. The molecule has 0 aliphatic carbocycles. The number of nitrogens with zero attached hydrogens (tertiary/aromatic N) is 1. The van der Waals surface area contributed by atoms with E-state index < -0.39 is 0 Å². The molecule has 4 nitrogen and oxygen atoms in total. The van der Waals surface area contributed by atoms with Gasteiger partial charge in [-0.25, -0.2) is 0 Å². The van der Waals surface area contributed by atoms with E-state index in [0.717, 1.165) is 15.8 Å². The maximum Gasteiger partial charge on any atom is 0.253 e. The standard InChI is InChI=1S/C14H14BrNO3/c15-12-1-2-13-10(4-12)3-11(8-19-13)14(18)16-5-9(6-16)7-17/h1-4,9,17H,5-8H2. The summed E-state index contributed by atoms with van der Waals surface area (Å²) in [5.74, 6) is 1.04. The van der Waals surface area contributed by atoms with Crippen LogP contribution in [0.3, 0.4) is 0 Å². The number of fused-ring (bicyclic) bond motifs is 1. The van der Waals surface area contributed by atoms with Gasteiger partial charge in [-0.15, -0.1) is 0 Å². The van der Waals surface area contributed by atoms with Crippen LogP contribution in [0.5, 0.6) is 5.75 Å². The van der Waals surface area contributed by atoms with Crippen molar-refractivity contribution < 1.29 is 14.6 Å². The van der Waals surface area contributed by atoms with Gasteiger partial charge in [0.2, 0.25) is 0 Å². The molecular weight excluding hydrogens is 310 g/mol. The topological polar surface area (TPSA) is 49.8 Å². The zero-order valence-electron chi connectivity index (χ0n) is 10.3. The summed E-state index contributed by atoms with van der Waals surface area (Å²) in [6, 6.07) is 5.75. The van der Waals surface area contributed by atoms with Crippen LogP contribution in [0.2, 0.25) is 0 Å². The number of hydrogen-bond acceptors (Lipinski definition) is 3. The molecule has 5 heteroatoms. The third-order valence-electron chi connectivity index (χ3n) is 3.46. The molecule has 0 bridgehead atoms. The van der Waals surface area contributed by atoms with Crippen LogP contribution in [-0.2, 0) is 4.79 Å². The molecule has 100 valence electrons. The summed E-state index contributed by atoms with van der Waals surface area (Å²) in [5.41, 5.74) is 1.59. The van der Waals surface area contributed by atoms with Gasteiger partial charge in [-0.1, -0.05) is 15.9 Å². The van der Waals surface area contributed by atoms with E-state index in [2.05, 4.69) is 15.9 Å². The highest BCUT2D eigenvalue weighted by Crippen LogP contribution is 2.30. The molecule has 0 atom stereocenters. The lowest BCUT2D eigenvalue weighted by atomic mass is 9.99. The van der Waals surface area contributed by atoms with Crippen molar-refractivity contribution >= 4 is 27.9 Å². The number of carbonyl (C=O) groups is 1. The first kappa shape index (κ1) is 12.7. The van der Waals surface area contributed by atoms with Gasteiger partial charge in [-0.05, 0) is 24.3 Å². The monoisotopic (exact) mass is 323 g/mol. The molecule has 1 aromatic rings. The van der Waals surface area contributed by atoms with Crippen LogP contribution in [0.1, 0.15) is 5.56 Å². The van der Waals surface area contributed by atoms with Gasteiger partial charge in [0.25, 0.3) is 5.91 Å². The molecule has 1 amide bonds. The minimum Gasteiger partial charge on any atom is -0.488 e. The lowest BCUT2D eigenvalue weighted by Gasteiger charge is -2.39. The van der Waals surface area contributed by atoms with E-state index in [4.69, 9.17) is 9.84 Å². The molecule has 2 aliphatic heterocycles. The van der Waals surface area contributed by atoms with Gasteiger partial charge in [-0.2, -0.15) is 0 Å². The molecule has 0 spiro atoms. The zero-order valence-corrected chi connectivity index (χ0v) is 11.9. The molecule has 1 aromatic carbocycles. The van der Waals surface area contributed by atoms with Crippen molar-refractivity contribution in [1.82, 2.24) is 4.90 Å². The van der Waals surface area contributed by atoms with E-state index in [1.807, 2.05) is 24.3 Å². The highest BCUT2D eigenvalue weighted by molar-refractivity contribution is 9.10. The van der Waals surface area contributed by atoms with Crippen molar-refractivity contribution in [2.24, 2.45) is 5.92 Å². The molecule has 2 heterocycles. The Labute approximate surface area is 119 Å². The van der Waals surface area contributed by atoms with Crippen molar-refractivity contribution in [3.05, 3.63) is 33.8 Å². The molecule has 3 rings (SSSR count). The lowest BCUT2D eigenvalue weighted by Crippen LogP contribution is -2.52. The van der Waals surface area contributed by atoms with Crippen LogP contribution in [0.25, 0.3) is 6.08 Å². The Balaban J connectivity index is 1.78. The summed E-state index contributed by atoms with van der Waals surface area (Å²) in [4.78, 5) is 14.0. The molecule has 19 heavy (non-hydrogen) atoms. The first-order chi connectivity index (χ1) is 9.17. The fourth-order valence-corrected chi connectivity index (χ4v) is 2.70. The number of hydrogen-bond donors (Lipinski definition) is 1. The molecule has 0 unspecified atom stereocenters. The Kier molecular flexibility index (Phi) is 3.33. The third-order valence-corrected chi connectivity index (χ3v) is 3.96. The number of halogens is 1. The normalized spacial score (nSPS) is 18.2. The number of benzene rings is 1. The number of aliphatic hydroxyl groups is 1. The number of rotatable bonds is 2. The van der Waals surface area contributed by atoms with Crippen molar-refractivity contribution in [3.63, 3.8) is 0 Å². The Bertz CT molecular complexity index is 550. The van der Waals surface area contributed by atoms with Crippen molar-refractivity contribution in [3.8, 4) is 5.75 Å². The highest BCUT2D eigenvalue weighted by Gasteiger charge is 2.32. The predicted octanol–water partition coefficient (Wildman–Crippen LogP) is 1.68. The van der Waals surface area contributed by atoms with Gasteiger partial charge >= 0.3 is 0 Å². The predicted molar refractivity (Wildman–Crippen MR) is 74.8 cm³/mol. The number of ether oxygens (including phenoxy) is 1. The Hall–Kier alpha value is -1.33. The molecule has 0 radical (unpaired) electrons. The SMILES string of the molecule is O=C(C1=Cc2cc(Br)ccc2OC1)N1CC(CO)C1. The van der Waals surface area contributed by atoms with Gasteiger partial charge in [-0.3, -0.25) is 4.79 Å². The van der Waals surface area contributed by atoms with Crippen molar-refractivity contribution in [1.29, 1.82) is 0 Å². The van der Waals surface area contributed by atoms with Crippen LogP contribution < -0.4 is 4.74 Å². The van der Waals surface area contributed by atoms with Gasteiger partial charge < -0.3 is 14.7 Å². The second kappa shape index (κ2) is 4.98. The van der Waals surface area contributed by atoms with E-state index in [-0.39, 0.29) is 18.4 Å². The van der Waals surface area contributed by atoms with Crippen LogP contribution >= 0.6 is 15.9 Å². The number of amides is 1. The maximum absolute atomic E-state index is 12.2. The lowest BCUT2D eigenvalue weighted by molar-refractivity contribution is -0.134. The van der Waals surface area contributed by atoms with E-state index >= 15 is 0 Å². The van der Waals surface area contributed by atoms with Crippen LogP contribution in [0.15, 0.2) is 28.2 Å². The second-order valence-electron chi connectivity index (χ2n) is 4.90. The van der Waals surface area contributed by atoms with Crippen molar-refractivity contribution in [2.75, 3.05) is 26.3 Å². The summed E-state index contributed by atoms with van der Waals surface area (Å²) in [5, 5.41) is 8.97. The average molecular weight is 324 g/mol. The van der Waals surface area contributed by atoms with E-state index in [1.54, 1.807) is 4.90 Å². The van der Waals surface area contributed by atoms with Crippen LogP contribution in [0.4, 0.5) is 0 Å². The summed E-state index contributed by atoms with van der Waals surface area (Å²) >= 11 is 3.41. The maximum atomic E-state index is 12.2. The third kappa shape index (κ3) is 2.40. The Morgan fingerprint density at radius 1 is 1.47 bits per heavy atom. The van der Waals surface area contributed by atoms with Crippen LogP contribution in [-0.4, -0.2) is 42.2 Å². The molecular formula is C14H14BrNO3. The van der Waals surface area contributed by atoms with Crippen LogP contribution in [0, 0.1) is 5.92 Å². The molecule has 2 aliphatic rings. The van der Waals surface area contributed by atoms with Gasteiger partial charge in [0.15, 0.2) is 0 Å². The fourth-order valence-electron chi connectivity index (χ4n) is 2.33. The quantitative estimate of drug-likeness (QED) is 0.900. The number of likely N-dealkylation sites (tertiary alicyclic amines) is 1. The fraction of sp³-hybridized carbons (Fsp3) is 0.357. The minimum atomic E-state index is 0.00956. The Morgan fingerprint density at radius 2 is 2.26 bits per heavy atom. The first-order valence-corrected chi connectivity index (χ1v) is 6.99.